The number of carbonyl (C=O) groups excluding carboxylic acids is 1. The monoisotopic (exact) mass is 357 g/mol. The van der Waals surface area contributed by atoms with Gasteiger partial charge in [-0.1, -0.05) is 0 Å². The molecule has 0 aliphatic carbocycles. The summed E-state index contributed by atoms with van der Waals surface area (Å²) < 4.78 is 49.7. The molecule has 0 spiro atoms. The Hall–Kier alpha value is -2.05. The number of sulfonamides is 1. The minimum atomic E-state index is -4.03. The van der Waals surface area contributed by atoms with Crippen LogP contribution >= 0.6 is 0 Å². The molecule has 130 valence electrons. The van der Waals surface area contributed by atoms with Crippen molar-refractivity contribution in [3.63, 3.8) is 0 Å². The average Bonchev–Trinajstić information content (AvgIpc) is 2.59. The molecule has 0 aromatic heterocycles. The first-order valence-electron chi connectivity index (χ1n) is 7.40. The molecule has 1 aromatic carbocycles. The Balaban J connectivity index is 2.09. The van der Waals surface area contributed by atoms with Crippen LogP contribution in [-0.2, 0) is 10.0 Å². The van der Waals surface area contributed by atoms with Gasteiger partial charge in [0.25, 0.3) is 12.3 Å². The molecule has 1 unspecified atom stereocenters. The molecular formula is C15H17F2N3O3S. The second-order valence-electron chi connectivity index (χ2n) is 5.49. The fourth-order valence-electron chi connectivity index (χ4n) is 2.48. The molecule has 1 saturated heterocycles. The van der Waals surface area contributed by atoms with E-state index in [0.29, 0.717) is 18.7 Å². The minimum Gasteiger partial charge on any atom is -0.337 e. The molecule has 6 nitrogen and oxygen atoms in total. The van der Waals surface area contributed by atoms with Crippen LogP contribution in [0.25, 0.3) is 0 Å². The molecule has 0 radical (unpaired) electrons. The number of hydrogen-bond acceptors (Lipinski definition) is 4. The fourth-order valence-corrected chi connectivity index (χ4v) is 3.49. The maximum atomic E-state index is 12.4. The number of likely N-dealkylation sites (tertiary alicyclic amines) is 1. The minimum absolute atomic E-state index is 0.187. The second kappa shape index (κ2) is 7.68. The van der Waals surface area contributed by atoms with Gasteiger partial charge in [0, 0.05) is 18.7 Å². The van der Waals surface area contributed by atoms with Crippen molar-refractivity contribution in [2.24, 2.45) is 5.92 Å². The van der Waals surface area contributed by atoms with Crippen molar-refractivity contribution >= 4 is 15.9 Å². The Kier molecular flexibility index (Phi) is 5.85. The van der Waals surface area contributed by atoms with Gasteiger partial charge in [0.1, 0.15) is 0 Å². The zero-order valence-corrected chi connectivity index (χ0v) is 13.6. The van der Waals surface area contributed by atoms with Crippen LogP contribution in [0, 0.1) is 17.2 Å². The zero-order valence-electron chi connectivity index (χ0n) is 12.8. The van der Waals surface area contributed by atoms with Crippen LogP contribution in [0.15, 0.2) is 29.2 Å². The van der Waals surface area contributed by atoms with Crippen LogP contribution in [0.1, 0.15) is 23.2 Å². The van der Waals surface area contributed by atoms with E-state index in [1.807, 2.05) is 0 Å². The summed E-state index contributed by atoms with van der Waals surface area (Å²) in [6.45, 7) is -0.0648. The van der Waals surface area contributed by atoms with Crippen LogP contribution < -0.4 is 4.72 Å². The number of halogens is 2. The molecule has 1 aliphatic rings. The number of piperidine rings is 1. The summed E-state index contributed by atoms with van der Waals surface area (Å²) in [7, 11) is -4.03. The number of amides is 1. The first-order chi connectivity index (χ1) is 11.3. The van der Waals surface area contributed by atoms with E-state index in [0.717, 1.165) is 12.8 Å². The SMILES string of the molecule is N#CC1CCCN(C(=O)c2ccc(S(=O)(=O)NCC(F)F)cc2)C1. The molecule has 1 aromatic rings. The summed E-state index contributed by atoms with van der Waals surface area (Å²) in [5.41, 5.74) is 0.293. The first kappa shape index (κ1) is 18.3. The Morgan fingerprint density at radius 1 is 1.38 bits per heavy atom. The van der Waals surface area contributed by atoms with E-state index in [1.54, 1.807) is 9.62 Å². The molecule has 1 atom stereocenters. The summed E-state index contributed by atoms with van der Waals surface area (Å²) in [4.78, 5) is 13.8. The van der Waals surface area contributed by atoms with Crippen LogP contribution in [0.3, 0.4) is 0 Å². The maximum Gasteiger partial charge on any atom is 0.253 e. The van der Waals surface area contributed by atoms with Gasteiger partial charge in [0.15, 0.2) is 0 Å². The smallest absolute Gasteiger partial charge is 0.253 e. The number of rotatable bonds is 5. The van der Waals surface area contributed by atoms with Crippen molar-refractivity contribution in [3.8, 4) is 6.07 Å². The summed E-state index contributed by atoms with van der Waals surface area (Å²) >= 11 is 0. The van der Waals surface area contributed by atoms with Crippen molar-refractivity contribution in [2.75, 3.05) is 19.6 Å². The summed E-state index contributed by atoms with van der Waals surface area (Å²) in [6.07, 6.45) is -1.28. The third-order valence-corrected chi connectivity index (χ3v) is 5.17. The summed E-state index contributed by atoms with van der Waals surface area (Å²) in [5, 5.41) is 8.96. The lowest BCUT2D eigenvalue weighted by atomic mass is 9.99. The standard InChI is InChI=1S/C15H17F2N3O3S/c16-14(17)9-19-24(22,23)13-5-3-12(4-6-13)15(21)20-7-1-2-11(8-18)10-20/h3-6,11,14,19H,1-2,7,9-10H2. The van der Waals surface area contributed by atoms with Gasteiger partial charge in [-0.05, 0) is 37.1 Å². The Bertz CT molecular complexity index is 729. The molecule has 9 heteroatoms. The van der Waals surface area contributed by atoms with E-state index in [1.165, 1.54) is 24.3 Å². The third-order valence-electron chi connectivity index (χ3n) is 3.73. The highest BCUT2D eigenvalue weighted by Gasteiger charge is 2.24. The van der Waals surface area contributed by atoms with E-state index in [4.69, 9.17) is 5.26 Å². The maximum absolute atomic E-state index is 12.4. The topological polar surface area (TPSA) is 90.3 Å². The van der Waals surface area contributed by atoms with Crippen LogP contribution in [0.4, 0.5) is 8.78 Å². The molecular weight excluding hydrogens is 340 g/mol. The normalized spacial score (nSPS) is 18.4. The van der Waals surface area contributed by atoms with Crippen molar-refractivity contribution in [1.82, 2.24) is 9.62 Å². The van der Waals surface area contributed by atoms with E-state index in [9.17, 15) is 22.0 Å². The molecule has 1 amide bonds. The van der Waals surface area contributed by atoms with Gasteiger partial charge in [0.05, 0.1) is 23.4 Å². The molecule has 1 heterocycles. The number of carbonyl (C=O) groups is 1. The molecule has 2 rings (SSSR count). The van der Waals surface area contributed by atoms with E-state index in [2.05, 4.69) is 6.07 Å². The van der Waals surface area contributed by atoms with Gasteiger partial charge in [-0.3, -0.25) is 4.79 Å². The largest absolute Gasteiger partial charge is 0.337 e. The average molecular weight is 357 g/mol. The molecule has 0 bridgehead atoms. The zero-order chi connectivity index (χ0) is 17.7. The Morgan fingerprint density at radius 3 is 2.62 bits per heavy atom. The number of nitrogens with one attached hydrogen (secondary N) is 1. The number of alkyl halides is 2. The quantitative estimate of drug-likeness (QED) is 0.867. The second-order valence-corrected chi connectivity index (χ2v) is 7.25. The van der Waals surface area contributed by atoms with Crippen molar-refractivity contribution in [1.29, 1.82) is 5.26 Å². The number of nitriles is 1. The van der Waals surface area contributed by atoms with Gasteiger partial charge in [0.2, 0.25) is 10.0 Å². The Labute approximate surface area is 139 Å². The van der Waals surface area contributed by atoms with Crippen LogP contribution in [-0.4, -0.2) is 45.3 Å². The fraction of sp³-hybridized carbons (Fsp3) is 0.467. The van der Waals surface area contributed by atoms with Gasteiger partial charge >= 0.3 is 0 Å². The van der Waals surface area contributed by atoms with Gasteiger partial charge in [-0.15, -0.1) is 0 Å². The van der Waals surface area contributed by atoms with E-state index in [-0.39, 0.29) is 16.7 Å². The van der Waals surface area contributed by atoms with E-state index < -0.39 is 23.0 Å². The Morgan fingerprint density at radius 2 is 2.04 bits per heavy atom. The predicted molar refractivity (Wildman–Crippen MR) is 81.9 cm³/mol. The summed E-state index contributed by atoms with van der Waals surface area (Å²) in [6, 6.07) is 7.24. The van der Waals surface area contributed by atoms with Gasteiger partial charge < -0.3 is 4.90 Å². The third kappa shape index (κ3) is 4.49. The van der Waals surface area contributed by atoms with Crippen molar-refractivity contribution in [3.05, 3.63) is 29.8 Å². The first-order valence-corrected chi connectivity index (χ1v) is 8.88. The highest BCUT2D eigenvalue weighted by molar-refractivity contribution is 7.89. The lowest BCUT2D eigenvalue weighted by Crippen LogP contribution is -2.39. The molecule has 1 N–H and O–H groups in total. The van der Waals surface area contributed by atoms with Crippen LogP contribution in [0.2, 0.25) is 0 Å². The lowest BCUT2D eigenvalue weighted by Gasteiger charge is -2.29. The molecule has 1 aliphatic heterocycles. The van der Waals surface area contributed by atoms with Gasteiger partial charge in [-0.2, -0.15) is 5.26 Å². The van der Waals surface area contributed by atoms with Crippen LogP contribution in [0.5, 0.6) is 0 Å². The highest BCUT2D eigenvalue weighted by Crippen LogP contribution is 2.19. The molecule has 24 heavy (non-hydrogen) atoms. The molecule has 1 fully saturated rings. The predicted octanol–water partition coefficient (Wildman–Crippen LogP) is 1.61. The number of hydrogen-bond donors (Lipinski definition) is 1. The number of benzene rings is 1. The number of nitrogens with zero attached hydrogens (tertiary/aromatic N) is 2. The summed E-state index contributed by atoms with van der Waals surface area (Å²) in [5.74, 6) is -0.472. The van der Waals surface area contributed by atoms with Crippen molar-refractivity contribution < 1.29 is 22.0 Å². The lowest BCUT2D eigenvalue weighted by molar-refractivity contribution is 0.0698. The van der Waals surface area contributed by atoms with Crippen molar-refractivity contribution in [2.45, 2.75) is 24.2 Å². The highest BCUT2D eigenvalue weighted by atomic mass is 32.2. The van der Waals surface area contributed by atoms with Gasteiger partial charge in [-0.25, -0.2) is 21.9 Å². The molecule has 0 saturated carbocycles. The van der Waals surface area contributed by atoms with E-state index >= 15 is 0 Å².